The zero-order valence-electron chi connectivity index (χ0n) is 14.2. The Hall–Kier alpha value is -1.31. The van der Waals surface area contributed by atoms with Crippen LogP contribution in [0.5, 0.6) is 0 Å². The van der Waals surface area contributed by atoms with Gasteiger partial charge in [-0.1, -0.05) is 29.8 Å². The Labute approximate surface area is 170 Å². The van der Waals surface area contributed by atoms with Gasteiger partial charge < -0.3 is 15.8 Å². The summed E-state index contributed by atoms with van der Waals surface area (Å²) in [6.45, 7) is 0.431. The molecule has 0 spiro atoms. The smallest absolute Gasteiger partial charge is 0.193 e. The molecular weight excluding hydrogens is 449 g/mol. The van der Waals surface area contributed by atoms with Crippen LogP contribution in [0.1, 0.15) is 29.2 Å². The molecule has 0 saturated heterocycles. The number of rotatable bonds is 5. The van der Waals surface area contributed by atoms with E-state index in [1.54, 1.807) is 7.11 Å². The van der Waals surface area contributed by atoms with Gasteiger partial charge in [-0.3, -0.25) is 4.99 Å². The van der Waals surface area contributed by atoms with Crippen molar-refractivity contribution in [2.75, 3.05) is 19.0 Å². The highest BCUT2D eigenvalue weighted by Crippen LogP contribution is 2.25. The van der Waals surface area contributed by atoms with Crippen molar-refractivity contribution in [2.24, 2.45) is 10.7 Å². The number of hydrogen-bond acceptors (Lipinski definition) is 2. The third-order valence-corrected chi connectivity index (χ3v) is 4.54. The number of anilines is 1. The number of fused-ring (bicyclic) bond motifs is 1. The SMILES string of the molecule is COC(CN=C(N)Nc1ccc2c(c1)CCC2)c1cccc(Cl)c1.I. The van der Waals surface area contributed by atoms with E-state index in [0.717, 1.165) is 17.7 Å². The molecule has 0 aliphatic heterocycles. The molecule has 0 aromatic heterocycles. The van der Waals surface area contributed by atoms with Crippen LogP contribution in [-0.2, 0) is 17.6 Å². The van der Waals surface area contributed by atoms with Crippen LogP contribution in [0.2, 0.25) is 5.02 Å². The lowest BCUT2D eigenvalue weighted by molar-refractivity contribution is 0.111. The molecule has 6 heteroatoms. The van der Waals surface area contributed by atoms with E-state index in [9.17, 15) is 0 Å². The number of halogens is 2. The molecule has 4 nitrogen and oxygen atoms in total. The van der Waals surface area contributed by atoms with E-state index in [-0.39, 0.29) is 30.1 Å². The highest BCUT2D eigenvalue weighted by Gasteiger charge is 2.12. The van der Waals surface area contributed by atoms with Gasteiger partial charge in [0.15, 0.2) is 5.96 Å². The van der Waals surface area contributed by atoms with E-state index < -0.39 is 0 Å². The summed E-state index contributed by atoms with van der Waals surface area (Å²) in [5.41, 5.74) is 10.8. The van der Waals surface area contributed by atoms with Gasteiger partial charge in [-0.05, 0) is 60.2 Å². The lowest BCUT2D eigenvalue weighted by Crippen LogP contribution is -2.24. The quantitative estimate of drug-likeness (QED) is 0.382. The molecule has 134 valence electrons. The van der Waals surface area contributed by atoms with Gasteiger partial charge in [0.05, 0.1) is 6.54 Å². The predicted octanol–water partition coefficient (Wildman–Crippen LogP) is 4.56. The molecule has 1 aliphatic carbocycles. The zero-order chi connectivity index (χ0) is 16.9. The maximum absolute atomic E-state index is 6.03. The summed E-state index contributed by atoms with van der Waals surface area (Å²) in [6, 6.07) is 14.0. The van der Waals surface area contributed by atoms with E-state index in [4.69, 9.17) is 22.1 Å². The van der Waals surface area contributed by atoms with Crippen molar-refractivity contribution in [3.05, 3.63) is 64.2 Å². The normalized spacial score (nSPS) is 14.6. The summed E-state index contributed by atoms with van der Waals surface area (Å²) < 4.78 is 5.50. The molecule has 0 radical (unpaired) electrons. The third kappa shape index (κ3) is 5.33. The second-order valence-corrected chi connectivity index (χ2v) is 6.40. The van der Waals surface area contributed by atoms with Crippen LogP contribution in [0.3, 0.4) is 0 Å². The lowest BCUT2D eigenvalue weighted by Gasteiger charge is -2.14. The second kappa shape index (κ2) is 9.40. The van der Waals surface area contributed by atoms with Crippen LogP contribution >= 0.6 is 35.6 Å². The summed E-state index contributed by atoms with van der Waals surface area (Å²) >= 11 is 6.03. The van der Waals surface area contributed by atoms with Gasteiger partial charge in [-0.15, -0.1) is 24.0 Å². The van der Waals surface area contributed by atoms with E-state index in [1.165, 1.54) is 24.0 Å². The van der Waals surface area contributed by atoms with Crippen LogP contribution in [0.15, 0.2) is 47.5 Å². The summed E-state index contributed by atoms with van der Waals surface area (Å²) in [7, 11) is 1.66. The van der Waals surface area contributed by atoms with Crippen molar-refractivity contribution < 1.29 is 4.74 Å². The summed E-state index contributed by atoms with van der Waals surface area (Å²) in [5.74, 6) is 0.386. The fourth-order valence-electron chi connectivity index (χ4n) is 3.04. The Morgan fingerprint density at radius 2 is 2.04 bits per heavy atom. The van der Waals surface area contributed by atoms with Gasteiger partial charge in [-0.25, -0.2) is 0 Å². The number of hydrogen-bond donors (Lipinski definition) is 2. The van der Waals surface area contributed by atoms with Crippen LogP contribution in [0.4, 0.5) is 5.69 Å². The molecule has 0 bridgehead atoms. The summed E-state index contributed by atoms with van der Waals surface area (Å²) in [5, 5.41) is 3.84. The minimum Gasteiger partial charge on any atom is -0.375 e. The van der Waals surface area contributed by atoms with Gasteiger partial charge >= 0.3 is 0 Å². The molecule has 2 aromatic carbocycles. The molecule has 0 fully saturated rings. The van der Waals surface area contributed by atoms with Gasteiger partial charge in [-0.2, -0.15) is 0 Å². The van der Waals surface area contributed by atoms with Crippen molar-refractivity contribution in [2.45, 2.75) is 25.4 Å². The average molecular weight is 472 g/mol. The largest absolute Gasteiger partial charge is 0.375 e. The Kier molecular flexibility index (Phi) is 7.53. The Morgan fingerprint density at radius 1 is 1.24 bits per heavy atom. The van der Waals surface area contributed by atoms with Crippen molar-refractivity contribution in [3.63, 3.8) is 0 Å². The van der Waals surface area contributed by atoms with E-state index >= 15 is 0 Å². The maximum Gasteiger partial charge on any atom is 0.193 e. The molecule has 1 unspecified atom stereocenters. The predicted molar refractivity (Wildman–Crippen MR) is 115 cm³/mol. The van der Waals surface area contributed by atoms with Crippen molar-refractivity contribution in [3.8, 4) is 0 Å². The Morgan fingerprint density at radius 3 is 2.80 bits per heavy atom. The van der Waals surface area contributed by atoms with E-state index in [0.29, 0.717) is 17.5 Å². The van der Waals surface area contributed by atoms with Crippen LogP contribution in [0.25, 0.3) is 0 Å². The first kappa shape index (κ1) is 20.0. The van der Waals surface area contributed by atoms with Crippen LogP contribution < -0.4 is 11.1 Å². The number of methoxy groups -OCH3 is 1. The third-order valence-electron chi connectivity index (χ3n) is 4.30. The standard InChI is InChI=1S/C19H22ClN3O.HI/c1-24-18(15-6-3-7-16(20)10-15)12-22-19(21)23-17-9-8-13-4-2-5-14(13)11-17;/h3,6-11,18H,2,4-5,12H2,1H3,(H3,21,22,23);1H. The topological polar surface area (TPSA) is 59.6 Å². The molecule has 1 atom stereocenters. The maximum atomic E-state index is 6.03. The lowest BCUT2D eigenvalue weighted by atomic mass is 10.1. The van der Waals surface area contributed by atoms with Crippen molar-refractivity contribution in [1.82, 2.24) is 0 Å². The minimum absolute atomic E-state index is 0. The number of nitrogens with two attached hydrogens (primary N) is 1. The molecule has 0 saturated carbocycles. The van der Waals surface area contributed by atoms with Crippen molar-refractivity contribution in [1.29, 1.82) is 0 Å². The number of benzene rings is 2. The van der Waals surface area contributed by atoms with Crippen LogP contribution in [0, 0.1) is 0 Å². The Bertz CT molecular complexity index is 751. The fourth-order valence-corrected chi connectivity index (χ4v) is 3.24. The number of nitrogens with zero attached hydrogens (tertiary/aromatic N) is 1. The number of guanidine groups is 1. The molecule has 25 heavy (non-hydrogen) atoms. The monoisotopic (exact) mass is 471 g/mol. The zero-order valence-corrected chi connectivity index (χ0v) is 17.3. The average Bonchev–Trinajstić information content (AvgIpc) is 3.03. The highest BCUT2D eigenvalue weighted by atomic mass is 127. The first-order valence-corrected chi connectivity index (χ1v) is 8.50. The van der Waals surface area contributed by atoms with E-state index in [2.05, 4.69) is 28.5 Å². The van der Waals surface area contributed by atoms with Crippen molar-refractivity contribution >= 4 is 47.2 Å². The Balaban J connectivity index is 0.00000225. The van der Waals surface area contributed by atoms with E-state index in [1.807, 2.05) is 24.3 Å². The molecule has 1 aliphatic rings. The second-order valence-electron chi connectivity index (χ2n) is 5.97. The summed E-state index contributed by atoms with van der Waals surface area (Å²) in [4.78, 5) is 4.41. The first-order chi connectivity index (χ1) is 11.7. The number of ether oxygens (including phenoxy) is 1. The molecule has 0 heterocycles. The van der Waals surface area contributed by atoms with Crippen LogP contribution in [-0.4, -0.2) is 19.6 Å². The van der Waals surface area contributed by atoms with Gasteiger partial charge in [0, 0.05) is 17.8 Å². The molecular formula is C19H23ClIN3O. The number of aliphatic imine (C=N–C) groups is 1. The molecule has 3 rings (SSSR count). The first-order valence-electron chi connectivity index (χ1n) is 8.12. The highest BCUT2D eigenvalue weighted by molar-refractivity contribution is 14.0. The summed E-state index contributed by atoms with van der Waals surface area (Å²) in [6.07, 6.45) is 3.37. The fraction of sp³-hybridized carbons (Fsp3) is 0.316. The number of aryl methyl sites for hydroxylation is 2. The molecule has 2 aromatic rings. The minimum atomic E-state index is -0.177. The van der Waals surface area contributed by atoms with Gasteiger partial charge in [0.25, 0.3) is 0 Å². The van der Waals surface area contributed by atoms with Gasteiger partial charge in [0.2, 0.25) is 0 Å². The molecule has 0 amide bonds. The van der Waals surface area contributed by atoms with Gasteiger partial charge in [0.1, 0.15) is 6.10 Å². The number of nitrogens with one attached hydrogen (secondary N) is 1. The molecule has 3 N–H and O–H groups in total.